The van der Waals surface area contributed by atoms with Crippen molar-refractivity contribution < 1.29 is 30.5 Å². The highest BCUT2D eigenvalue weighted by molar-refractivity contribution is 8.03. The molecule has 0 spiro atoms. The lowest BCUT2D eigenvalue weighted by Crippen LogP contribution is -2.36. The summed E-state index contributed by atoms with van der Waals surface area (Å²) in [5.74, 6) is -0.666. The van der Waals surface area contributed by atoms with Gasteiger partial charge in [-0.25, -0.2) is 0 Å². The number of nitrogens with zero attached hydrogens (tertiary/aromatic N) is 2. The topological polar surface area (TPSA) is 142 Å². The molecule has 0 bridgehead atoms. The van der Waals surface area contributed by atoms with Crippen LogP contribution < -0.4 is 15.2 Å². The van der Waals surface area contributed by atoms with Gasteiger partial charge < -0.3 is 10.6 Å². The summed E-state index contributed by atoms with van der Waals surface area (Å²) in [6.07, 6.45) is 4.15. The molecule has 2 aromatic carbocycles. The number of fused-ring (bicyclic) bond motifs is 2. The first kappa shape index (κ1) is 26.6. The van der Waals surface area contributed by atoms with E-state index in [1.54, 1.807) is 0 Å². The number of para-hydroxylation sites is 2. The molecule has 0 amide bonds. The Morgan fingerprint density at radius 3 is 2.39 bits per heavy atom. The summed E-state index contributed by atoms with van der Waals surface area (Å²) < 4.78 is 66.0. The minimum atomic E-state index is -4.05. The number of thioether (sulfide) groups is 1. The van der Waals surface area contributed by atoms with Crippen molar-refractivity contribution in [1.29, 1.82) is 0 Å². The van der Waals surface area contributed by atoms with Gasteiger partial charge in [-0.1, -0.05) is 47.4 Å². The van der Waals surface area contributed by atoms with Gasteiger partial charge in [-0.05, 0) is 30.7 Å². The van der Waals surface area contributed by atoms with Crippen molar-refractivity contribution in [2.75, 3.05) is 23.0 Å². The van der Waals surface area contributed by atoms with Crippen LogP contribution in [0.4, 0.5) is 5.69 Å². The van der Waals surface area contributed by atoms with E-state index in [9.17, 15) is 16.8 Å². The molecule has 0 saturated heterocycles. The molecule has 0 aliphatic carbocycles. The van der Waals surface area contributed by atoms with Crippen LogP contribution in [0.5, 0.6) is 0 Å². The normalized spacial score (nSPS) is 15.7. The highest BCUT2D eigenvalue weighted by atomic mass is 32.2. The Bertz CT molecular complexity index is 1540. The van der Waals surface area contributed by atoms with E-state index < -0.39 is 20.2 Å². The Hall–Kier alpha value is -2.42. The van der Waals surface area contributed by atoms with Gasteiger partial charge in [0.05, 0.1) is 22.2 Å². The smallest absolute Gasteiger partial charge is 0.265 e. The zero-order valence-corrected chi connectivity index (χ0v) is 22.4. The zero-order chi connectivity index (χ0) is 25.9. The minimum absolute atomic E-state index is 0.249. The third-order valence-corrected chi connectivity index (χ3v) is 9.26. The predicted octanol–water partition coefficient (Wildman–Crippen LogP) is 3.50. The molecule has 3 aromatic rings. The molecule has 13 heteroatoms. The zero-order valence-electron chi connectivity index (χ0n) is 19.1. The molecular weight excluding hydrogens is 543 g/mol. The lowest BCUT2D eigenvalue weighted by molar-refractivity contribution is -0.668. The Labute approximate surface area is 218 Å². The van der Waals surface area contributed by atoms with E-state index in [0.717, 1.165) is 30.8 Å². The second-order valence-corrected chi connectivity index (χ2v) is 13.5. The summed E-state index contributed by atoms with van der Waals surface area (Å²) in [6.45, 7) is 0.781. The number of benzene rings is 2. The average molecular weight is 569 g/mol. The fourth-order valence-electron chi connectivity index (χ4n) is 3.92. The first-order chi connectivity index (χ1) is 17.0. The number of hydrogen-bond acceptors (Lipinski definition) is 8. The van der Waals surface area contributed by atoms with Crippen LogP contribution in [0.25, 0.3) is 16.3 Å². The molecule has 0 unspecified atom stereocenters. The van der Waals surface area contributed by atoms with Crippen LogP contribution >= 0.6 is 23.1 Å². The van der Waals surface area contributed by atoms with Crippen LogP contribution in [-0.4, -0.2) is 44.0 Å². The van der Waals surface area contributed by atoms with Crippen molar-refractivity contribution >= 4 is 65.3 Å². The predicted molar refractivity (Wildman–Crippen MR) is 144 cm³/mol. The van der Waals surface area contributed by atoms with E-state index in [1.807, 2.05) is 70.1 Å². The molecule has 1 aliphatic heterocycles. The standard InChI is InChI=1S/C23H25N3O6S4/c24-17(15-22-25(11-5-13-35(27,28)29)18-7-1-3-9-20(18)33-22)16-23-26(12-6-14-36(30,31)32)19-8-2-4-10-21(19)34-23/h1-4,7-10,15-16,24H,5-6,11-14H2,(H2,27,28,29,30,31,32)/p+1/b22-15-. The van der Waals surface area contributed by atoms with Crippen molar-refractivity contribution in [3.63, 3.8) is 0 Å². The van der Waals surface area contributed by atoms with Gasteiger partial charge in [0, 0.05) is 35.7 Å². The number of aryl methyl sites for hydroxylation is 1. The molecule has 0 saturated carbocycles. The monoisotopic (exact) mass is 568 g/mol. The Morgan fingerprint density at radius 2 is 1.64 bits per heavy atom. The number of hydrogen-bond donors (Lipinski definition) is 3. The molecule has 9 nitrogen and oxygen atoms in total. The molecule has 4 rings (SSSR count). The fraction of sp³-hybridized carbons (Fsp3) is 0.261. The SMILES string of the molecule is NC(=C\c1sc2ccccc2[n+]1CCCS(=O)(=O)O)/C=C1\Sc2ccccc2N1CCCS(=O)(=O)O. The number of thiazole rings is 1. The van der Waals surface area contributed by atoms with E-state index >= 15 is 0 Å². The Morgan fingerprint density at radius 1 is 0.972 bits per heavy atom. The van der Waals surface area contributed by atoms with Crippen LogP contribution in [0.1, 0.15) is 17.8 Å². The van der Waals surface area contributed by atoms with Crippen molar-refractivity contribution in [2.45, 2.75) is 24.3 Å². The molecule has 2 heterocycles. The Kier molecular flexibility index (Phi) is 8.07. The summed E-state index contributed by atoms with van der Waals surface area (Å²) in [5, 5.41) is 1.67. The van der Waals surface area contributed by atoms with Crippen LogP contribution in [-0.2, 0) is 26.8 Å². The summed E-state index contributed by atoms with van der Waals surface area (Å²) in [7, 11) is -8.11. The Balaban J connectivity index is 1.63. The maximum atomic E-state index is 11.2. The van der Waals surface area contributed by atoms with Crippen molar-refractivity contribution in [3.8, 4) is 0 Å². The largest absolute Gasteiger partial charge is 0.398 e. The number of anilines is 1. The van der Waals surface area contributed by atoms with Crippen LogP contribution in [0.15, 0.2) is 70.2 Å². The third kappa shape index (κ3) is 6.87. The van der Waals surface area contributed by atoms with E-state index in [1.165, 1.54) is 23.1 Å². The van der Waals surface area contributed by atoms with Gasteiger partial charge >= 0.3 is 0 Å². The molecule has 0 radical (unpaired) electrons. The maximum absolute atomic E-state index is 11.2. The van der Waals surface area contributed by atoms with Gasteiger partial charge in [-0.3, -0.25) is 9.11 Å². The highest BCUT2D eigenvalue weighted by Crippen LogP contribution is 2.46. The molecule has 0 atom stereocenters. The average Bonchev–Trinajstić information content (AvgIpc) is 3.30. The molecule has 0 fully saturated rings. The van der Waals surface area contributed by atoms with E-state index in [2.05, 4.69) is 0 Å². The first-order valence-electron chi connectivity index (χ1n) is 11.1. The highest BCUT2D eigenvalue weighted by Gasteiger charge is 2.25. The van der Waals surface area contributed by atoms with Gasteiger partial charge in [-0.15, -0.1) is 0 Å². The summed E-state index contributed by atoms with van der Waals surface area (Å²) in [6, 6.07) is 15.5. The molecule has 1 aromatic heterocycles. The van der Waals surface area contributed by atoms with Gasteiger partial charge in [0.1, 0.15) is 4.70 Å². The van der Waals surface area contributed by atoms with Crippen LogP contribution in [0.2, 0.25) is 0 Å². The second-order valence-electron chi connectivity index (χ2n) is 8.19. The second kappa shape index (κ2) is 10.9. The number of nitrogens with two attached hydrogens (primary N) is 1. The summed E-state index contributed by atoms with van der Waals surface area (Å²) in [5.41, 5.74) is 8.79. The van der Waals surface area contributed by atoms with E-state index in [4.69, 9.17) is 14.8 Å². The first-order valence-corrected chi connectivity index (χ1v) is 15.9. The van der Waals surface area contributed by atoms with Gasteiger partial charge in [0.2, 0.25) is 5.52 Å². The fourth-order valence-corrected chi connectivity index (χ4v) is 7.21. The van der Waals surface area contributed by atoms with E-state index in [-0.39, 0.29) is 24.3 Å². The molecular formula is C23H26N3O6S4+. The van der Waals surface area contributed by atoms with Crippen molar-refractivity contribution in [2.24, 2.45) is 5.73 Å². The van der Waals surface area contributed by atoms with Crippen LogP contribution in [0.3, 0.4) is 0 Å². The summed E-state index contributed by atoms with van der Waals surface area (Å²) in [4.78, 5) is 3.00. The lowest BCUT2D eigenvalue weighted by Gasteiger charge is -2.20. The van der Waals surface area contributed by atoms with Crippen LogP contribution in [0, 0.1) is 0 Å². The van der Waals surface area contributed by atoms with Gasteiger partial charge in [-0.2, -0.15) is 21.4 Å². The van der Waals surface area contributed by atoms with Crippen molar-refractivity contribution in [1.82, 2.24) is 0 Å². The molecule has 192 valence electrons. The third-order valence-electron chi connectivity index (χ3n) is 5.42. The molecule has 36 heavy (non-hydrogen) atoms. The van der Waals surface area contributed by atoms with Gasteiger partial charge in [0.25, 0.3) is 25.2 Å². The minimum Gasteiger partial charge on any atom is -0.398 e. The summed E-state index contributed by atoms with van der Waals surface area (Å²) >= 11 is 3.05. The van der Waals surface area contributed by atoms with E-state index in [0.29, 0.717) is 18.8 Å². The van der Waals surface area contributed by atoms with Gasteiger partial charge in [0.15, 0.2) is 6.54 Å². The quantitative estimate of drug-likeness (QED) is 0.247. The van der Waals surface area contributed by atoms with Crippen molar-refractivity contribution in [3.05, 3.63) is 70.3 Å². The lowest BCUT2D eigenvalue weighted by atomic mass is 10.2. The maximum Gasteiger partial charge on any atom is 0.265 e. The molecule has 1 aliphatic rings. The number of aromatic nitrogens is 1. The molecule has 4 N–H and O–H groups in total. The number of allylic oxidation sites excluding steroid dienone is 1. The number of rotatable bonds is 10.